The number of carbonyl (C=O) groups is 2. The van der Waals surface area contributed by atoms with Gasteiger partial charge in [-0.25, -0.2) is 9.59 Å². The van der Waals surface area contributed by atoms with Gasteiger partial charge in [-0.15, -0.1) is 0 Å². The van der Waals surface area contributed by atoms with Crippen LogP contribution in [-0.2, 0) is 4.79 Å². The van der Waals surface area contributed by atoms with Crippen LogP contribution in [0.5, 0.6) is 0 Å². The summed E-state index contributed by atoms with van der Waals surface area (Å²) in [5.41, 5.74) is 0. The van der Waals surface area contributed by atoms with Crippen molar-refractivity contribution in [3.8, 4) is 0 Å². The van der Waals surface area contributed by atoms with Gasteiger partial charge >= 0.3 is 12.0 Å². The fourth-order valence-corrected chi connectivity index (χ4v) is 2.72. The van der Waals surface area contributed by atoms with Gasteiger partial charge in [-0.1, -0.05) is 27.7 Å². The number of carboxylic acid groups (broad SMARTS) is 1. The minimum atomic E-state index is -0.966. The molecule has 1 atom stereocenters. The highest BCUT2D eigenvalue weighted by atomic mass is 32.2. The van der Waals surface area contributed by atoms with Crippen molar-refractivity contribution in [2.24, 2.45) is 5.92 Å². The van der Waals surface area contributed by atoms with E-state index < -0.39 is 12.0 Å². The Bertz CT molecular complexity index is 320. The lowest BCUT2D eigenvalue weighted by molar-refractivity contribution is -0.139. The monoisotopic (exact) mass is 318 g/mol. The molecule has 0 fully saturated rings. The molecule has 0 aromatic heterocycles. The van der Waals surface area contributed by atoms with E-state index in [1.165, 1.54) is 0 Å². The number of rotatable bonds is 10. The van der Waals surface area contributed by atoms with E-state index in [1.807, 2.05) is 6.26 Å². The van der Waals surface area contributed by atoms with Gasteiger partial charge in [0, 0.05) is 12.6 Å². The Kier molecular flexibility index (Phi) is 10.3. The van der Waals surface area contributed by atoms with Crippen LogP contribution in [0.2, 0.25) is 0 Å². The van der Waals surface area contributed by atoms with E-state index in [9.17, 15) is 14.7 Å². The van der Waals surface area contributed by atoms with Crippen molar-refractivity contribution < 1.29 is 14.7 Å². The van der Waals surface area contributed by atoms with E-state index in [0.717, 1.165) is 12.8 Å². The minimum absolute atomic E-state index is 0.155. The third kappa shape index (κ3) is 7.60. The highest BCUT2D eigenvalue weighted by Gasteiger charge is 2.26. The summed E-state index contributed by atoms with van der Waals surface area (Å²) in [6.45, 7) is 8.87. The standard InChI is InChI=1S/C15H30N2O3S/c1-6-12(7-2)17(10-11(3)4)15(20)16-13(14(18)19)8-9-21-5/h11-13H,6-10H2,1-5H3,(H,16,20)(H,18,19). The number of amides is 2. The van der Waals surface area contributed by atoms with Crippen molar-refractivity contribution in [3.63, 3.8) is 0 Å². The van der Waals surface area contributed by atoms with Crippen LogP contribution < -0.4 is 5.32 Å². The molecular weight excluding hydrogens is 288 g/mol. The van der Waals surface area contributed by atoms with Gasteiger partial charge in [0.1, 0.15) is 6.04 Å². The van der Waals surface area contributed by atoms with E-state index in [4.69, 9.17) is 0 Å². The van der Waals surface area contributed by atoms with Gasteiger partial charge in [0.2, 0.25) is 0 Å². The molecule has 0 aliphatic carbocycles. The first-order chi connectivity index (χ1) is 9.87. The zero-order valence-electron chi connectivity index (χ0n) is 13.9. The third-order valence-electron chi connectivity index (χ3n) is 3.41. The lowest BCUT2D eigenvalue weighted by Gasteiger charge is -2.33. The average molecular weight is 318 g/mol. The number of aliphatic carboxylic acids is 1. The molecule has 2 N–H and O–H groups in total. The van der Waals surface area contributed by atoms with Gasteiger partial charge in [-0.3, -0.25) is 0 Å². The molecule has 0 rings (SSSR count). The van der Waals surface area contributed by atoms with Gasteiger partial charge in [0.25, 0.3) is 0 Å². The smallest absolute Gasteiger partial charge is 0.326 e. The number of nitrogens with zero attached hydrogens (tertiary/aromatic N) is 1. The van der Waals surface area contributed by atoms with Crippen LogP contribution in [0, 0.1) is 5.92 Å². The van der Waals surface area contributed by atoms with Crippen molar-refractivity contribution >= 4 is 23.8 Å². The second kappa shape index (κ2) is 10.8. The molecule has 0 aromatic rings. The molecule has 2 amide bonds. The van der Waals surface area contributed by atoms with Crippen LogP contribution in [0.4, 0.5) is 4.79 Å². The molecule has 5 nitrogen and oxygen atoms in total. The second-order valence-electron chi connectivity index (χ2n) is 5.64. The van der Waals surface area contributed by atoms with Crippen LogP contribution in [0.15, 0.2) is 0 Å². The lowest BCUT2D eigenvalue weighted by atomic mass is 10.1. The molecule has 0 saturated carbocycles. The molecule has 0 radical (unpaired) electrons. The summed E-state index contributed by atoms with van der Waals surface area (Å²) < 4.78 is 0. The van der Waals surface area contributed by atoms with Crippen LogP contribution in [-0.4, -0.2) is 52.6 Å². The quantitative estimate of drug-likeness (QED) is 0.649. The molecular formula is C15H30N2O3S. The average Bonchev–Trinajstić information content (AvgIpc) is 2.42. The molecule has 21 heavy (non-hydrogen) atoms. The third-order valence-corrected chi connectivity index (χ3v) is 4.06. The summed E-state index contributed by atoms with van der Waals surface area (Å²) in [4.78, 5) is 25.5. The molecule has 1 unspecified atom stereocenters. The maximum absolute atomic E-state index is 12.5. The molecule has 0 aliphatic heterocycles. The van der Waals surface area contributed by atoms with Gasteiger partial charge in [0.15, 0.2) is 0 Å². The van der Waals surface area contributed by atoms with Crippen LogP contribution in [0.3, 0.4) is 0 Å². The molecule has 0 bridgehead atoms. The summed E-state index contributed by atoms with van der Waals surface area (Å²) in [6, 6.07) is -0.915. The van der Waals surface area contributed by atoms with Crippen LogP contribution >= 0.6 is 11.8 Å². The summed E-state index contributed by atoms with van der Waals surface area (Å²) in [5, 5.41) is 11.9. The molecule has 0 heterocycles. The van der Waals surface area contributed by atoms with Crippen LogP contribution in [0.1, 0.15) is 47.0 Å². The summed E-state index contributed by atoms with van der Waals surface area (Å²) in [6.07, 6.45) is 4.12. The fraction of sp³-hybridized carbons (Fsp3) is 0.867. The van der Waals surface area contributed by atoms with Gasteiger partial charge < -0.3 is 15.3 Å². The largest absolute Gasteiger partial charge is 0.480 e. The van der Waals surface area contributed by atoms with Crippen molar-refractivity contribution in [2.45, 2.75) is 59.0 Å². The fourth-order valence-electron chi connectivity index (χ4n) is 2.25. The van der Waals surface area contributed by atoms with Gasteiger partial charge in [0.05, 0.1) is 0 Å². The second-order valence-corrected chi connectivity index (χ2v) is 6.62. The summed E-state index contributed by atoms with van der Waals surface area (Å²) >= 11 is 1.58. The number of carbonyl (C=O) groups excluding carboxylic acids is 1. The zero-order chi connectivity index (χ0) is 16.4. The molecule has 0 spiro atoms. The predicted octanol–water partition coefficient (Wildman–Crippen LogP) is 3.05. The number of hydrogen-bond donors (Lipinski definition) is 2. The topological polar surface area (TPSA) is 69.6 Å². The first-order valence-electron chi connectivity index (χ1n) is 7.66. The number of carboxylic acids is 1. The Morgan fingerprint density at radius 3 is 2.19 bits per heavy atom. The highest BCUT2D eigenvalue weighted by Crippen LogP contribution is 2.12. The SMILES string of the molecule is CCC(CC)N(CC(C)C)C(=O)NC(CCSC)C(=O)O. The normalized spacial score (nSPS) is 12.5. The Morgan fingerprint density at radius 2 is 1.81 bits per heavy atom. The van der Waals surface area contributed by atoms with Crippen LogP contribution in [0.25, 0.3) is 0 Å². The Labute approximate surface area is 132 Å². The number of thioether (sulfide) groups is 1. The van der Waals surface area contributed by atoms with Crippen molar-refractivity contribution in [1.82, 2.24) is 10.2 Å². The maximum Gasteiger partial charge on any atom is 0.326 e. The molecule has 0 aliphatic rings. The summed E-state index contributed by atoms with van der Waals surface area (Å²) in [5.74, 6) is 0.101. The first kappa shape index (κ1) is 20.1. The molecule has 6 heteroatoms. The lowest BCUT2D eigenvalue weighted by Crippen LogP contribution is -2.52. The predicted molar refractivity (Wildman–Crippen MR) is 88.9 cm³/mol. The first-order valence-corrected chi connectivity index (χ1v) is 9.05. The van der Waals surface area contributed by atoms with Crippen molar-refractivity contribution in [3.05, 3.63) is 0 Å². The van der Waals surface area contributed by atoms with Gasteiger partial charge in [-0.2, -0.15) is 11.8 Å². The number of hydrogen-bond acceptors (Lipinski definition) is 3. The molecule has 124 valence electrons. The maximum atomic E-state index is 12.5. The molecule has 0 saturated heterocycles. The number of urea groups is 1. The van der Waals surface area contributed by atoms with Gasteiger partial charge in [-0.05, 0) is 37.2 Å². The highest BCUT2D eigenvalue weighted by molar-refractivity contribution is 7.98. The van der Waals surface area contributed by atoms with E-state index in [0.29, 0.717) is 24.6 Å². The Morgan fingerprint density at radius 1 is 1.24 bits per heavy atom. The van der Waals surface area contributed by atoms with E-state index in [2.05, 4.69) is 33.0 Å². The summed E-state index contributed by atoms with van der Waals surface area (Å²) in [7, 11) is 0. The number of nitrogens with one attached hydrogen (secondary N) is 1. The van der Waals surface area contributed by atoms with E-state index in [1.54, 1.807) is 16.7 Å². The van der Waals surface area contributed by atoms with E-state index in [-0.39, 0.29) is 12.1 Å². The van der Waals surface area contributed by atoms with E-state index >= 15 is 0 Å². The zero-order valence-corrected chi connectivity index (χ0v) is 14.7. The van der Waals surface area contributed by atoms with Crippen molar-refractivity contribution in [2.75, 3.05) is 18.6 Å². The van der Waals surface area contributed by atoms with Crippen molar-refractivity contribution in [1.29, 1.82) is 0 Å². The minimum Gasteiger partial charge on any atom is -0.480 e. The Hall–Kier alpha value is -0.910. The molecule has 0 aromatic carbocycles. The Balaban J connectivity index is 4.87.